The average molecular weight is 481 g/mol. The summed E-state index contributed by atoms with van der Waals surface area (Å²) < 4.78 is 11.3. The van der Waals surface area contributed by atoms with Gasteiger partial charge in [-0.15, -0.1) is 0 Å². The lowest BCUT2D eigenvalue weighted by molar-refractivity contribution is 0.0944. The minimum atomic E-state index is -0.106. The van der Waals surface area contributed by atoms with Crippen molar-refractivity contribution in [1.82, 2.24) is 15.3 Å². The molecule has 1 saturated heterocycles. The Bertz CT molecular complexity index is 1070. The van der Waals surface area contributed by atoms with Crippen molar-refractivity contribution in [3.63, 3.8) is 0 Å². The van der Waals surface area contributed by atoms with Gasteiger partial charge in [-0.25, -0.2) is 4.98 Å². The van der Waals surface area contributed by atoms with Gasteiger partial charge in [-0.1, -0.05) is 17.7 Å². The second kappa shape index (κ2) is 11.7. The third kappa shape index (κ3) is 6.38. The Kier molecular flexibility index (Phi) is 8.20. The Balaban J connectivity index is 1.27. The van der Waals surface area contributed by atoms with Gasteiger partial charge in [0.1, 0.15) is 5.15 Å². The van der Waals surface area contributed by atoms with Crippen molar-refractivity contribution in [1.29, 1.82) is 0 Å². The molecule has 2 aromatic heterocycles. The first-order valence-corrected chi connectivity index (χ1v) is 11.8. The first kappa shape index (κ1) is 23.8. The highest BCUT2D eigenvalue weighted by atomic mass is 35.5. The highest BCUT2D eigenvalue weighted by molar-refractivity contribution is 6.29. The van der Waals surface area contributed by atoms with Gasteiger partial charge in [0, 0.05) is 55.9 Å². The molecule has 0 atom stereocenters. The van der Waals surface area contributed by atoms with Gasteiger partial charge >= 0.3 is 0 Å². The Morgan fingerprint density at radius 1 is 1.12 bits per heavy atom. The number of carbonyl (C=O) groups excluding carboxylic acids is 1. The van der Waals surface area contributed by atoms with Gasteiger partial charge in [0.15, 0.2) is 11.5 Å². The van der Waals surface area contributed by atoms with E-state index >= 15 is 0 Å². The summed E-state index contributed by atoms with van der Waals surface area (Å²) in [5, 5.41) is 3.55. The number of nitrogens with one attached hydrogen (secondary N) is 1. The molecule has 8 heteroatoms. The second-order valence-corrected chi connectivity index (χ2v) is 8.69. The molecule has 1 fully saturated rings. The molecule has 1 aliphatic rings. The zero-order valence-electron chi connectivity index (χ0n) is 19.2. The van der Waals surface area contributed by atoms with Gasteiger partial charge in [0.2, 0.25) is 0 Å². The van der Waals surface area contributed by atoms with Crippen LogP contribution in [0.3, 0.4) is 0 Å². The molecule has 34 heavy (non-hydrogen) atoms. The van der Waals surface area contributed by atoms with Crippen molar-refractivity contribution in [2.75, 3.05) is 38.3 Å². The van der Waals surface area contributed by atoms with Crippen LogP contribution in [0.2, 0.25) is 5.15 Å². The van der Waals surface area contributed by atoms with E-state index in [0.717, 1.165) is 31.5 Å². The molecule has 178 valence electrons. The normalized spacial score (nSPS) is 14.0. The summed E-state index contributed by atoms with van der Waals surface area (Å²) in [5.41, 5.74) is 2.78. The average Bonchev–Trinajstić information content (AvgIpc) is 2.89. The molecule has 7 nitrogen and oxygen atoms in total. The number of halogens is 1. The van der Waals surface area contributed by atoms with Crippen LogP contribution in [-0.4, -0.2) is 49.2 Å². The third-order valence-corrected chi connectivity index (χ3v) is 6.28. The lowest BCUT2D eigenvalue weighted by Gasteiger charge is -2.33. The maximum Gasteiger partial charge on any atom is 0.251 e. The predicted octanol–water partition coefficient (Wildman–Crippen LogP) is 4.41. The van der Waals surface area contributed by atoms with E-state index in [2.05, 4.69) is 20.2 Å². The molecule has 0 radical (unpaired) electrons. The Morgan fingerprint density at radius 2 is 1.91 bits per heavy atom. The zero-order valence-corrected chi connectivity index (χ0v) is 20.0. The van der Waals surface area contributed by atoms with Crippen molar-refractivity contribution in [3.05, 3.63) is 77.3 Å². The molecule has 0 aliphatic carbocycles. The monoisotopic (exact) mass is 480 g/mol. The SMILES string of the molecule is COc1ccc(C(=O)NCC2CCN(c3ccncc3)CC2)cc1OCCc1ccc(Cl)nc1. The molecule has 1 aliphatic heterocycles. The standard InChI is InChI=1S/C26H29ClN4O3/c1-33-23-4-3-21(16-24(23)34-15-10-19-2-5-25(27)29-17-19)26(32)30-18-20-8-13-31(14-9-20)22-6-11-28-12-7-22/h2-7,11-12,16-17,20H,8-10,13-15,18H2,1H3,(H,30,32). The van der Waals surface area contributed by atoms with Crippen LogP contribution in [0.5, 0.6) is 11.5 Å². The van der Waals surface area contributed by atoms with E-state index in [0.29, 0.717) is 47.7 Å². The minimum Gasteiger partial charge on any atom is -0.493 e. The van der Waals surface area contributed by atoms with Crippen LogP contribution in [0.4, 0.5) is 5.69 Å². The highest BCUT2D eigenvalue weighted by Gasteiger charge is 2.20. The number of carbonyl (C=O) groups is 1. The molecule has 4 rings (SSSR count). The smallest absolute Gasteiger partial charge is 0.251 e. The maximum absolute atomic E-state index is 12.8. The van der Waals surface area contributed by atoms with E-state index in [4.69, 9.17) is 21.1 Å². The number of hydrogen-bond donors (Lipinski definition) is 1. The van der Waals surface area contributed by atoms with Crippen LogP contribution < -0.4 is 19.7 Å². The number of nitrogens with zero attached hydrogens (tertiary/aromatic N) is 3. The van der Waals surface area contributed by atoms with E-state index in [1.54, 1.807) is 37.6 Å². The van der Waals surface area contributed by atoms with Crippen molar-refractivity contribution in [2.45, 2.75) is 19.3 Å². The van der Waals surface area contributed by atoms with Gasteiger partial charge in [-0.2, -0.15) is 0 Å². The summed E-state index contributed by atoms with van der Waals surface area (Å²) in [4.78, 5) is 23.3. The number of methoxy groups -OCH3 is 1. The molecule has 0 bridgehead atoms. The highest BCUT2D eigenvalue weighted by Crippen LogP contribution is 2.28. The lowest BCUT2D eigenvalue weighted by atomic mass is 9.96. The number of ether oxygens (including phenoxy) is 2. The summed E-state index contributed by atoms with van der Waals surface area (Å²) in [6, 6.07) is 13.0. The third-order valence-electron chi connectivity index (χ3n) is 6.06. The Morgan fingerprint density at radius 3 is 2.62 bits per heavy atom. The number of benzene rings is 1. The predicted molar refractivity (Wildman–Crippen MR) is 133 cm³/mol. The number of pyridine rings is 2. The molecule has 3 aromatic rings. The van der Waals surface area contributed by atoms with Crippen molar-refractivity contribution < 1.29 is 14.3 Å². The minimum absolute atomic E-state index is 0.106. The maximum atomic E-state index is 12.8. The van der Waals surface area contributed by atoms with Crippen molar-refractivity contribution in [3.8, 4) is 11.5 Å². The molecule has 1 amide bonds. The molecule has 0 spiro atoms. The molecule has 3 heterocycles. The summed E-state index contributed by atoms with van der Waals surface area (Å²) in [5.74, 6) is 1.49. The first-order valence-electron chi connectivity index (χ1n) is 11.5. The van der Waals surface area contributed by atoms with E-state index in [1.807, 2.05) is 30.6 Å². The molecule has 1 N–H and O–H groups in total. The lowest BCUT2D eigenvalue weighted by Crippen LogP contribution is -2.38. The largest absolute Gasteiger partial charge is 0.493 e. The number of hydrogen-bond acceptors (Lipinski definition) is 6. The number of aromatic nitrogens is 2. The quantitative estimate of drug-likeness (QED) is 0.457. The fourth-order valence-corrected chi connectivity index (χ4v) is 4.16. The van der Waals surface area contributed by atoms with Crippen LogP contribution in [0.15, 0.2) is 61.1 Å². The van der Waals surface area contributed by atoms with Gasteiger partial charge < -0.3 is 19.7 Å². The van der Waals surface area contributed by atoms with Crippen molar-refractivity contribution >= 4 is 23.2 Å². The van der Waals surface area contributed by atoms with Gasteiger partial charge in [0.05, 0.1) is 13.7 Å². The molecular formula is C26H29ClN4O3. The number of piperidine rings is 1. The summed E-state index contributed by atoms with van der Waals surface area (Å²) in [6.45, 7) is 3.05. The number of amides is 1. The van der Waals surface area contributed by atoms with E-state index in [-0.39, 0.29) is 5.91 Å². The summed E-state index contributed by atoms with van der Waals surface area (Å²) in [6.07, 6.45) is 8.13. The van der Waals surface area contributed by atoms with Gasteiger partial charge in [0.25, 0.3) is 5.91 Å². The van der Waals surface area contributed by atoms with Crippen LogP contribution >= 0.6 is 11.6 Å². The fraction of sp³-hybridized carbons (Fsp3) is 0.346. The van der Waals surface area contributed by atoms with E-state index in [1.165, 1.54) is 5.69 Å². The Hall–Kier alpha value is -3.32. The van der Waals surface area contributed by atoms with Crippen LogP contribution in [0.1, 0.15) is 28.8 Å². The molecule has 1 aromatic carbocycles. The second-order valence-electron chi connectivity index (χ2n) is 8.30. The van der Waals surface area contributed by atoms with Crippen molar-refractivity contribution in [2.24, 2.45) is 5.92 Å². The van der Waals surface area contributed by atoms with Gasteiger partial charge in [-0.3, -0.25) is 9.78 Å². The van der Waals surface area contributed by atoms with Crippen LogP contribution in [0, 0.1) is 5.92 Å². The van der Waals surface area contributed by atoms with E-state index in [9.17, 15) is 4.79 Å². The van der Waals surface area contributed by atoms with E-state index < -0.39 is 0 Å². The summed E-state index contributed by atoms with van der Waals surface area (Å²) in [7, 11) is 1.59. The topological polar surface area (TPSA) is 76.6 Å². The van der Waals surface area contributed by atoms with Crippen LogP contribution in [0.25, 0.3) is 0 Å². The van der Waals surface area contributed by atoms with Crippen LogP contribution in [-0.2, 0) is 6.42 Å². The molecule has 0 saturated carbocycles. The van der Waals surface area contributed by atoms with Gasteiger partial charge in [-0.05, 0) is 60.7 Å². The Labute approximate surface area is 205 Å². The first-order chi connectivity index (χ1) is 16.6. The summed E-state index contributed by atoms with van der Waals surface area (Å²) >= 11 is 5.83. The zero-order chi connectivity index (χ0) is 23.8. The number of rotatable bonds is 9. The molecular weight excluding hydrogens is 452 g/mol. The number of anilines is 1. The molecule has 0 unspecified atom stereocenters. The fourth-order valence-electron chi connectivity index (χ4n) is 4.05.